The van der Waals surface area contributed by atoms with Gasteiger partial charge in [0.15, 0.2) is 57.2 Å². The first-order chi connectivity index (χ1) is 44.7. The molecule has 0 bridgehead atoms. The van der Waals surface area contributed by atoms with Crippen molar-refractivity contribution in [3.8, 4) is 0 Å². The number of allylic oxidation sites excluding steroid dienone is 1. The van der Waals surface area contributed by atoms with E-state index in [1.165, 1.54) is 0 Å². The van der Waals surface area contributed by atoms with Crippen molar-refractivity contribution in [1.29, 1.82) is 0 Å². The molecule has 5 saturated heterocycles. The minimum absolute atomic E-state index is 0.0360. The predicted molar refractivity (Wildman–Crippen MR) is 411 cm³/mol. The Hall–Kier alpha value is -1.63. The fourth-order valence-corrected chi connectivity index (χ4v) is 21.7. The number of Topliss-reactive ketones (excluding diaryl/α,β-unsaturated/α-hetero) is 1. The molecule has 1 aromatic rings. The number of carbonyl (C=O) groups excluding carboxylic acids is 2. The Morgan fingerprint density at radius 3 is 1.73 bits per heavy atom. The summed E-state index contributed by atoms with van der Waals surface area (Å²) in [5.41, 5.74) is 1.92. The zero-order valence-corrected chi connectivity index (χ0v) is 72.3. The minimum Gasteiger partial charge on any atom is -0.414 e. The fraction of sp³-hybridized carbons (Fsp3) is 0.818. The molecule has 5 heterocycles. The van der Waals surface area contributed by atoms with Crippen LogP contribution in [0.5, 0.6) is 0 Å². The number of rotatable bonds is 30. The molecular weight excluding hydrogens is 1340 g/mol. The molecule has 21 heteroatoms. The van der Waals surface area contributed by atoms with E-state index >= 15 is 13.2 Å². The third kappa shape index (κ3) is 20.5. The van der Waals surface area contributed by atoms with Crippen molar-refractivity contribution in [2.75, 3.05) is 13.7 Å². The molecule has 0 aliphatic carbocycles. The average Bonchev–Trinajstić information content (AvgIpc) is 1.19. The summed E-state index contributed by atoms with van der Waals surface area (Å²) in [4.78, 5) is 27.9. The Bertz CT molecular complexity index is 2950. The molecule has 0 saturated carbocycles. The van der Waals surface area contributed by atoms with Crippen LogP contribution in [-0.4, -0.2) is 173 Å². The van der Waals surface area contributed by atoms with Crippen LogP contribution in [0.15, 0.2) is 71.7 Å². The number of ether oxygens (including phenoxy) is 6. The van der Waals surface area contributed by atoms with Crippen LogP contribution in [-0.2, 0) is 70.0 Å². The van der Waals surface area contributed by atoms with Crippen molar-refractivity contribution in [1.82, 2.24) is 0 Å². The Morgan fingerprint density at radius 2 is 1.19 bits per heavy atom. The molecule has 0 amide bonds. The highest BCUT2D eigenvalue weighted by Gasteiger charge is 2.61. The zero-order valence-electron chi connectivity index (χ0n) is 66.4. The number of methoxy groups -OCH3 is 1. The molecule has 0 spiro atoms. The number of hydrogen-bond acceptors (Lipinski definition) is 15. The van der Waals surface area contributed by atoms with Crippen LogP contribution < -0.4 is 0 Å². The molecule has 562 valence electrons. The molecule has 5 aliphatic rings. The molecule has 15 nitrogen and oxygen atoms in total. The maximum atomic E-state index is 16.5. The first-order valence-corrected chi connectivity index (χ1v) is 53.2. The van der Waals surface area contributed by atoms with Gasteiger partial charge < -0.3 is 55.3 Å². The van der Waals surface area contributed by atoms with Gasteiger partial charge in [-0.05, 0) is 172 Å². The summed E-state index contributed by atoms with van der Waals surface area (Å²) in [7, 11) is -15.4. The molecule has 5 aliphatic heterocycles. The van der Waals surface area contributed by atoms with Gasteiger partial charge in [0.1, 0.15) is 36.0 Å². The lowest BCUT2D eigenvalue weighted by molar-refractivity contribution is -0.266. The lowest BCUT2D eigenvalue weighted by Gasteiger charge is -2.56. The van der Waals surface area contributed by atoms with Crippen LogP contribution in [0.3, 0.4) is 0 Å². The van der Waals surface area contributed by atoms with E-state index in [1.54, 1.807) is 37.4 Å². The van der Waals surface area contributed by atoms with Gasteiger partial charge in [-0.25, -0.2) is 8.42 Å². The summed E-state index contributed by atoms with van der Waals surface area (Å²) in [6, 6.07) is 8.39. The molecule has 1 aromatic carbocycles. The standard InChI is InChI=1S/C77H138O15SSi5/c1-31-36-62(90-96(25,26)75(11,12)13)69-71(92-98(29,30)77(17,18)19)70(91-97(27,28)76(14,15)16)68-61(88-69)43-41-56(86-68)47-59(79)72(93(80,81)58-38-33-32-34-39-58)66-64(49-63-53(4)51(2)45-55(85-63)40-42-60-52(3)46-54(84-60)37-35-44-78)87-65(67(66)82-20)48-57(89-95(23,24)74(8,9)10)50-83-94(21,22)73(5,6)7/h31-34,36,38-39,44,51,54-57,60-72H,3-4,35,37,40-43,45-50H2,1-2,5-30H3/t51-,54+,55+,56?,57+,60?,61+,62+,63?,64+,65?,66+,67+,68+,69+,70+,71-,72?/m1/s1. The quantitative estimate of drug-likeness (QED) is 0.0405. The molecule has 5 fully saturated rings. The van der Waals surface area contributed by atoms with E-state index in [1.807, 2.05) is 6.92 Å². The second kappa shape index (κ2) is 32.6. The van der Waals surface area contributed by atoms with Crippen molar-refractivity contribution in [3.63, 3.8) is 0 Å². The number of ketones is 1. The Balaban J connectivity index is 1.49. The number of fused-ring (bicyclic) bond motifs is 1. The molecule has 18 atom stereocenters. The van der Waals surface area contributed by atoms with Crippen LogP contribution in [0.2, 0.25) is 90.7 Å². The van der Waals surface area contributed by atoms with Crippen LogP contribution in [0.25, 0.3) is 0 Å². The van der Waals surface area contributed by atoms with Gasteiger partial charge in [-0.15, -0.1) is 0 Å². The van der Waals surface area contributed by atoms with Crippen LogP contribution >= 0.6 is 0 Å². The summed E-state index contributed by atoms with van der Waals surface area (Å²) < 4.78 is 113. The largest absolute Gasteiger partial charge is 0.414 e. The van der Waals surface area contributed by atoms with Crippen LogP contribution in [0.4, 0.5) is 0 Å². The first kappa shape index (κ1) is 85.3. The molecule has 5 unspecified atom stereocenters. The van der Waals surface area contributed by atoms with Gasteiger partial charge in [0.25, 0.3) is 0 Å². The molecule has 0 radical (unpaired) electrons. The van der Waals surface area contributed by atoms with E-state index in [4.69, 9.17) is 50.6 Å². The number of aldehydes is 1. The third-order valence-electron chi connectivity index (χ3n) is 24.8. The first-order valence-electron chi connectivity index (χ1n) is 37.1. The summed E-state index contributed by atoms with van der Waals surface area (Å²) in [6.07, 6.45) is 2.36. The fourth-order valence-electron chi connectivity index (χ4n) is 13.4. The van der Waals surface area contributed by atoms with Gasteiger partial charge in [-0.3, -0.25) is 4.79 Å². The maximum absolute atomic E-state index is 16.5. The van der Waals surface area contributed by atoms with Crippen molar-refractivity contribution in [2.24, 2.45) is 11.8 Å². The number of sulfone groups is 1. The summed E-state index contributed by atoms with van der Waals surface area (Å²) in [5.74, 6) is -1.45. The summed E-state index contributed by atoms with van der Waals surface area (Å²) >= 11 is 0. The van der Waals surface area contributed by atoms with E-state index < -0.39 is 142 Å². The van der Waals surface area contributed by atoms with Gasteiger partial charge in [-0.1, -0.05) is 154 Å². The minimum atomic E-state index is -4.52. The lowest BCUT2D eigenvalue weighted by Crippen LogP contribution is -2.69. The SMILES string of the molecule is C=C1C[C@H](CCC=O)OC1CC[C@H]1C[C@@H](C)C(=C)C(C[C@@H]2OC(C[C@@H](CO[Si](C)(C)C(C)(C)C)O[Si](C)(C)C(C)(C)C)[C@H](OC)[C@H]2C(C(=O)CC2CC[C@@H]3O[C@@H]([C@H](C=CC)O[Si](C)(C)C(C)(C)C)[C@@H](O[Si](C)(C)C(C)(C)C)[C@@H](O[Si](C)(C)C(C)(C)C)[C@H]3O2)S(=O)(=O)c2ccccc2)O1. The second-order valence-corrected chi connectivity index (χ2v) is 63.3. The van der Waals surface area contributed by atoms with Gasteiger partial charge in [0.2, 0.25) is 0 Å². The monoisotopic (exact) mass is 1470 g/mol. The lowest BCUT2D eigenvalue weighted by atomic mass is 9.81. The Kier molecular flexibility index (Phi) is 28.4. The summed E-state index contributed by atoms with van der Waals surface area (Å²) in [6.45, 7) is 69.8. The van der Waals surface area contributed by atoms with Crippen molar-refractivity contribution in [2.45, 2.75) is 381 Å². The normalized spacial score (nSPS) is 30.4. The van der Waals surface area contributed by atoms with Gasteiger partial charge in [-0.2, -0.15) is 0 Å². The highest BCUT2D eigenvalue weighted by atomic mass is 32.2. The van der Waals surface area contributed by atoms with Crippen molar-refractivity contribution >= 4 is 63.5 Å². The molecular formula is C77H138O15SSi5. The highest BCUT2D eigenvalue weighted by Crippen LogP contribution is 2.50. The average molecular weight is 1480 g/mol. The van der Waals surface area contributed by atoms with E-state index in [2.05, 4.69) is 202 Å². The second-order valence-electron chi connectivity index (χ2n) is 37.4. The zero-order chi connectivity index (χ0) is 74.1. The Morgan fingerprint density at radius 1 is 0.643 bits per heavy atom. The van der Waals surface area contributed by atoms with Gasteiger partial charge in [0.05, 0.1) is 78.6 Å². The van der Waals surface area contributed by atoms with Crippen LogP contribution in [0, 0.1) is 11.8 Å². The summed E-state index contributed by atoms with van der Waals surface area (Å²) in [5, 5.41) is -2.37. The molecule has 98 heavy (non-hydrogen) atoms. The molecule has 6 rings (SSSR count). The van der Waals surface area contributed by atoms with Crippen molar-refractivity contribution < 1.29 is 68.6 Å². The van der Waals surface area contributed by atoms with E-state index in [-0.39, 0.29) is 67.2 Å². The Labute approximate surface area is 601 Å². The van der Waals surface area contributed by atoms with E-state index in [9.17, 15) is 4.79 Å². The molecule has 0 N–H and O–H groups in total. The topological polar surface area (TPSA) is 170 Å². The van der Waals surface area contributed by atoms with E-state index in [0.29, 0.717) is 51.6 Å². The van der Waals surface area contributed by atoms with Gasteiger partial charge in [0, 0.05) is 38.7 Å². The molecule has 0 aromatic heterocycles. The number of benzene rings is 1. The maximum Gasteiger partial charge on any atom is 0.193 e. The third-order valence-corrected chi connectivity index (χ3v) is 49.5. The highest BCUT2D eigenvalue weighted by molar-refractivity contribution is 7.92. The van der Waals surface area contributed by atoms with Crippen LogP contribution in [0.1, 0.15) is 188 Å². The predicted octanol–water partition coefficient (Wildman–Crippen LogP) is 18.3. The van der Waals surface area contributed by atoms with E-state index in [0.717, 1.165) is 30.3 Å². The van der Waals surface area contributed by atoms with Crippen molar-refractivity contribution in [3.05, 3.63) is 66.8 Å². The number of carbonyl (C=O) groups is 2. The smallest absolute Gasteiger partial charge is 0.193 e. The number of hydrogen-bond donors (Lipinski definition) is 0. The van der Waals surface area contributed by atoms with Gasteiger partial charge >= 0.3 is 0 Å².